The molecule has 0 spiro atoms. The molecule has 1 rings (SSSR count). The molecule has 2 N–H and O–H groups in total. The van der Waals surface area contributed by atoms with Crippen molar-refractivity contribution in [1.82, 2.24) is 4.98 Å². The number of nitrogens with two attached hydrogens (primary N) is 1. The van der Waals surface area contributed by atoms with E-state index < -0.39 is 37.4 Å². The summed E-state index contributed by atoms with van der Waals surface area (Å²) in [5, 5.41) is 8.58. The first-order valence-corrected chi connectivity index (χ1v) is 6.26. The summed E-state index contributed by atoms with van der Waals surface area (Å²) in [6, 6.07) is 1.28. The van der Waals surface area contributed by atoms with Crippen LogP contribution in [-0.4, -0.2) is 19.8 Å². The average molecular weight is 302 g/mol. The molecule has 1 aromatic rings. The van der Waals surface area contributed by atoms with Gasteiger partial charge in [-0.25, -0.2) is 13.4 Å². The number of hydrogen-bond donors (Lipinski definition) is 1. The molecule has 0 saturated carbocycles. The van der Waals surface area contributed by atoms with Crippen LogP contribution < -0.4 is 10.5 Å². The van der Waals surface area contributed by atoms with Crippen molar-refractivity contribution in [1.29, 1.82) is 5.26 Å². The van der Waals surface area contributed by atoms with Crippen LogP contribution in [0.1, 0.15) is 5.69 Å². The third kappa shape index (κ3) is 3.14. The minimum Gasteiger partial charge on any atom is -0.402 e. The van der Waals surface area contributed by atoms with Gasteiger partial charge in [-0.3, -0.25) is 0 Å². The molecule has 11 heteroatoms. The summed E-state index contributed by atoms with van der Waals surface area (Å²) in [5.74, 6) is -1.27. The molecule has 1 heterocycles. The van der Waals surface area contributed by atoms with Crippen molar-refractivity contribution in [2.45, 2.75) is 11.3 Å². The Hall–Kier alpha value is -1.73. The van der Waals surface area contributed by atoms with E-state index in [2.05, 4.69) is 9.72 Å². The summed E-state index contributed by atoms with van der Waals surface area (Å²) >= 11 is 0. The van der Waals surface area contributed by atoms with Crippen LogP contribution in [0.15, 0.2) is 11.1 Å². The van der Waals surface area contributed by atoms with Crippen molar-refractivity contribution in [3.05, 3.63) is 11.9 Å². The van der Waals surface area contributed by atoms with E-state index in [9.17, 15) is 21.6 Å². The molecule has 0 aliphatic heterocycles. The number of pyridine rings is 1. The Bertz CT molecular complexity index is 623. The second-order valence-electron chi connectivity index (χ2n) is 2.82. The average Bonchev–Trinajstić information content (AvgIpc) is 2.17. The predicted octanol–water partition coefficient (Wildman–Crippen LogP) is 1.36. The molecule has 0 saturated heterocycles. The minimum atomic E-state index is -5.20. The molecule has 0 aliphatic rings. The molecule has 0 aromatic carbocycles. The highest BCUT2D eigenvalue weighted by atomic mass is 35.7. The van der Waals surface area contributed by atoms with Gasteiger partial charge in [0.2, 0.25) is 0 Å². The molecule has 98 valence electrons. The molecule has 0 radical (unpaired) electrons. The van der Waals surface area contributed by atoms with Gasteiger partial charge in [-0.15, -0.1) is 13.2 Å². The summed E-state index contributed by atoms with van der Waals surface area (Å²) in [7, 11) is 0.238. The van der Waals surface area contributed by atoms with Crippen LogP contribution in [0, 0.1) is 11.3 Å². The number of aromatic nitrogens is 1. The lowest BCUT2D eigenvalue weighted by Crippen LogP contribution is -2.20. The number of anilines is 1. The van der Waals surface area contributed by atoms with Crippen LogP contribution >= 0.6 is 10.7 Å². The van der Waals surface area contributed by atoms with Crippen LogP contribution in [0.3, 0.4) is 0 Å². The lowest BCUT2D eigenvalue weighted by atomic mass is 10.3. The first-order chi connectivity index (χ1) is 8.06. The molecular formula is C7H3ClF3N3O3S. The maximum absolute atomic E-state index is 12.1. The normalized spacial score (nSPS) is 11.9. The van der Waals surface area contributed by atoms with Gasteiger partial charge in [0, 0.05) is 10.7 Å². The third-order valence-corrected chi connectivity index (χ3v) is 2.91. The topological polar surface area (TPSA) is 106 Å². The van der Waals surface area contributed by atoms with Gasteiger partial charge in [0.1, 0.15) is 6.07 Å². The van der Waals surface area contributed by atoms with Crippen molar-refractivity contribution in [2.24, 2.45) is 0 Å². The number of nitrogens with zero attached hydrogens (tertiary/aromatic N) is 2. The van der Waals surface area contributed by atoms with Gasteiger partial charge in [-0.05, 0) is 0 Å². The zero-order valence-corrected chi connectivity index (χ0v) is 9.77. The number of nitriles is 1. The molecule has 0 unspecified atom stereocenters. The van der Waals surface area contributed by atoms with Crippen molar-refractivity contribution in [3.8, 4) is 11.8 Å². The lowest BCUT2D eigenvalue weighted by Gasteiger charge is -2.13. The summed E-state index contributed by atoms with van der Waals surface area (Å²) < 4.78 is 62.1. The number of alkyl halides is 3. The zero-order chi connectivity index (χ0) is 14.1. The van der Waals surface area contributed by atoms with E-state index >= 15 is 0 Å². The largest absolute Gasteiger partial charge is 0.573 e. The quantitative estimate of drug-likeness (QED) is 0.827. The second-order valence-corrected chi connectivity index (χ2v) is 5.32. The smallest absolute Gasteiger partial charge is 0.402 e. The predicted molar refractivity (Wildman–Crippen MR) is 53.1 cm³/mol. The molecule has 0 atom stereocenters. The highest BCUT2D eigenvalue weighted by molar-refractivity contribution is 8.13. The molecule has 1 aromatic heterocycles. The second kappa shape index (κ2) is 4.51. The van der Waals surface area contributed by atoms with Crippen molar-refractivity contribution < 1.29 is 26.3 Å². The minimum absolute atomic E-state index is 0.658. The summed E-state index contributed by atoms with van der Waals surface area (Å²) in [6.45, 7) is 0. The van der Waals surface area contributed by atoms with E-state index in [1.807, 2.05) is 0 Å². The number of halogens is 4. The summed E-state index contributed by atoms with van der Waals surface area (Å²) in [5.41, 5.74) is 3.56. The van der Waals surface area contributed by atoms with Crippen molar-refractivity contribution in [2.75, 3.05) is 5.73 Å². The Morgan fingerprint density at radius 1 is 1.50 bits per heavy atom. The van der Waals surface area contributed by atoms with Gasteiger partial charge in [-0.2, -0.15) is 5.26 Å². The molecule has 0 aliphatic carbocycles. The fraction of sp³-hybridized carbons (Fsp3) is 0.143. The number of nitrogen functional groups attached to an aromatic ring is 1. The Kier molecular flexibility index (Phi) is 3.59. The van der Waals surface area contributed by atoms with E-state index in [1.165, 1.54) is 6.07 Å². The standard InChI is InChI=1S/C7H3ClF3N3O3S/c8-18(15,16)6-4(1-12)14-2-3(13)5(6)17-7(9,10)11/h2H,13H2. The lowest BCUT2D eigenvalue weighted by molar-refractivity contribution is -0.275. The van der Waals surface area contributed by atoms with Crippen LogP contribution in [0.2, 0.25) is 0 Å². The van der Waals surface area contributed by atoms with Gasteiger partial charge in [0.05, 0.1) is 11.9 Å². The van der Waals surface area contributed by atoms with Gasteiger partial charge in [0.25, 0.3) is 9.05 Å². The summed E-state index contributed by atoms with van der Waals surface area (Å²) in [6.07, 6.45) is -4.54. The molecule has 6 nitrogen and oxygen atoms in total. The van der Waals surface area contributed by atoms with Crippen molar-refractivity contribution in [3.63, 3.8) is 0 Å². The Balaban J connectivity index is 3.64. The number of hydrogen-bond acceptors (Lipinski definition) is 6. The van der Waals surface area contributed by atoms with Crippen LogP contribution in [0.25, 0.3) is 0 Å². The number of rotatable bonds is 2. The van der Waals surface area contributed by atoms with E-state index in [4.69, 9.17) is 21.7 Å². The van der Waals surface area contributed by atoms with Gasteiger partial charge >= 0.3 is 6.36 Å². The van der Waals surface area contributed by atoms with E-state index in [-0.39, 0.29) is 0 Å². The van der Waals surface area contributed by atoms with E-state index in [0.717, 1.165) is 0 Å². The van der Waals surface area contributed by atoms with Crippen LogP contribution in [0.5, 0.6) is 5.75 Å². The van der Waals surface area contributed by atoms with Crippen molar-refractivity contribution >= 4 is 25.4 Å². The van der Waals surface area contributed by atoms with Gasteiger partial charge in [-0.1, -0.05) is 0 Å². The monoisotopic (exact) mass is 301 g/mol. The Labute approximate surface area is 103 Å². The first-order valence-electron chi connectivity index (χ1n) is 3.95. The highest BCUT2D eigenvalue weighted by Crippen LogP contribution is 2.37. The fourth-order valence-corrected chi connectivity index (χ4v) is 2.16. The molecule has 18 heavy (non-hydrogen) atoms. The molecule has 0 amide bonds. The molecule has 0 bridgehead atoms. The molecule has 0 fully saturated rings. The van der Waals surface area contributed by atoms with E-state index in [0.29, 0.717) is 6.20 Å². The van der Waals surface area contributed by atoms with Crippen LogP contribution in [0.4, 0.5) is 18.9 Å². The number of ether oxygens (including phenoxy) is 1. The fourth-order valence-electron chi connectivity index (χ4n) is 1.02. The molecular weight excluding hydrogens is 299 g/mol. The Morgan fingerprint density at radius 3 is 2.44 bits per heavy atom. The van der Waals surface area contributed by atoms with Gasteiger partial charge < -0.3 is 10.5 Å². The van der Waals surface area contributed by atoms with Crippen LogP contribution in [-0.2, 0) is 9.05 Å². The zero-order valence-electron chi connectivity index (χ0n) is 8.19. The summed E-state index contributed by atoms with van der Waals surface area (Å²) in [4.78, 5) is 2.04. The van der Waals surface area contributed by atoms with Gasteiger partial charge in [0.15, 0.2) is 16.3 Å². The maximum atomic E-state index is 12.1. The highest BCUT2D eigenvalue weighted by Gasteiger charge is 2.36. The van der Waals surface area contributed by atoms with E-state index in [1.54, 1.807) is 0 Å². The third-order valence-electron chi connectivity index (χ3n) is 1.58. The maximum Gasteiger partial charge on any atom is 0.573 e. The first kappa shape index (κ1) is 14.3. The SMILES string of the molecule is N#Cc1ncc(N)c(OC(F)(F)F)c1S(=O)(=O)Cl. The Morgan fingerprint density at radius 2 is 2.06 bits per heavy atom.